The standard InChI is InChI=1S/C12H22OS2/c1-3-5-9-14-11-7-13-8-12-15-10-6-4-2/h3-4H,1-2,5-12H2. The van der Waals surface area contributed by atoms with Crippen molar-refractivity contribution in [3.63, 3.8) is 0 Å². The molecular weight excluding hydrogens is 224 g/mol. The van der Waals surface area contributed by atoms with Crippen LogP contribution in [0.2, 0.25) is 0 Å². The third kappa shape index (κ3) is 14.1. The zero-order valence-electron chi connectivity index (χ0n) is 9.45. The van der Waals surface area contributed by atoms with Crippen molar-refractivity contribution in [3.05, 3.63) is 25.3 Å². The summed E-state index contributed by atoms with van der Waals surface area (Å²) in [5, 5.41) is 0. The van der Waals surface area contributed by atoms with Crippen LogP contribution in [0.3, 0.4) is 0 Å². The fraction of sp³-hybridized carbons (Fsp3) is 0.667. The van der Waals surface area contributed by atoms with Crippen molar-refractivity contribution in [1.82, 2.24) is 0 Å². The number of thioether (sulfide) groups is 2. The molecule has 0 fully saturated rings. The minimum atomic E-state index is 0.879. The summed E-state index contributed by atoms with van der Waals surface area (Å²) < 4.78 is 5.50. The number of ether oxygens (including phenoxy) is 1. The summed E-state index contributed by atoms with van der Waals surface area (Å²) in [6.45, 7) is 9.14. The lowest BCUT2D eigenvalue weighted by atomic mass is 10.5. The SMILES string of the molecule is C=CCCSCCOCCSCCC=C. The smallest absolute Gasteiger partial charge is 0.0557 e. The van der Waals surface area contributed by atoms with Crippen molar-refractivity contribution in [2.75, 3.05) is 36.2 Å². The predicted octanol–water partition coefficient (Wildman–Crippen LogP) is 3.62. The number of hydrogen-bond donors (Lipinski definition) is 0. The summed E-state index contributed by atoms with van der Waals surface area (Å²) in [5.41, 5.74) is 0. The first-order valence-corrected chi connectivity index (χ1v) is 7.67. The Morgan fingerprint density at radius 2 is 1.27 bits per heavy atom. The largest absolute Gasteiger partial charge is 0.380 e. The van der Waals surface area contributed by atoms with E-state index in [1.165, 1.54) is 11.5 Å². The zero-order valence-corrected chi connectivity index (χ0v) is 11.1. The Bertz CT molecular complexity index is 133. The summed E-state index contributed by atoms with van der Waals surface area (Å²) in [4.78, 5) is 0. The van der Waals surface area contributed by atoms with Gasteiger partial charge in [0.25, 0.3) is 0 Å². The van der Waals surface area contributed by atoms with Gasteiger partial charge in [-0.3, -0.25) is 0 Å². The van der Waals surface area contributed by atoms with Crippen molar-refractivity contribution in [2.24, 2.45) is 0 Å². The van der Waals surface area contributed by atoms with E-state index in [1.807, 2.05) is 35.7 Å². The lowest BCUT2D eigenvalue weighted by Crippen LogP contribution is -2.02. The molecule has 0 aromatic carbocycles. The van der Waals surface area contributed by atoms with Gasteiger partial charge in [0.1, 0.15) is 0 Å². The highest BCUT2D eigenvalue weighted by molar-refractivity contribution is 7.99. The van der Waals surface area contributed by atoms with Gasteiger partial charge in [-0.2, -0.15) is 23.5 Å². The lowest BCUT2D eigenvalue weighted by molar-refractivity contribution is 0.167. The summed E-state index contributed by atoms with van der Waals surface area (Å²) >= 11 is 3.87. The average molecular weight is 246 g/mol. The van der Waals surface area contributed by atoms with E-state index in [9.17, 15) is 0 Å². The Kier molecular flexibility index (Phi) is 14.3. The Hall–Kier alpha value is 0.140. The molecule has 0 rings (SSSR count). The van der Waals surface area contributed by atoms with Crippen LogP contribution >= 0.6 is 23.5 Å². The minimum Gasteiger partial charge on any atom is -0.380 e. The molecule has 0 aliphatic rings. The minimum absolute atomic E-state index is 0.879. The van der Waals surface area contributed by atoms with Gasteiger partial charge < -0.3 is 4.74 Å². The van der Waals surface area contributed by atoms with E-state index in [-0.39, 0.29) is 0 Å². The van der Waals surface area contributed by atoms with E-state index >= 15 is 0 Å². The molecule has 0 N–H and O–H groups in total. The molecule has 0 bridgehead atoms. The van der Waals surface area contributed by atoms with Crippen LogP contribution in [0.15, 0.2) is 25.3 Å². The van der Waals surface area contributed by atoms with Crippen molar-refractivity contribution >= 4 is 23.5 Å². The van der Waals surface area contributed by atoms with Gasteiger partial charge in [-0.25, -0.2) is 0 Å². The van der Waals surface area contributed by atoms with Crippen LogP contribution in [0.5, 0.6) is 0 Å². The second kappa shape index (κ2) is 14.1. The maximum absolute atomic E-state index is 5.50. The van der Waals surface area contributed by atoms with Gasteiger partial charge in [0.2, 0.25) is 0 Å². The highest BCUT2D eigenvalue weighted by Gasteiger charge is 1.91. The zero-order chi connectivity index (χ0) is 11.2. The average Bonchev–Trinajstić information content (AvgIpc) is 2.26. The van der Waals surface area contributed by atoms with Crippen molar-refractivity contribution in [2.45, 2.75) is 12.8 Å². The maximum Gasteiger partial charge on any atom is 0.0557 e. The number of hydrogen-bond acceptors (Lipinski definition) is 3. The van der Waals surface area contributed by atoms with Gasteiger partial charge >= 0.3 is 0 Å². The Morgan fingerprint density at radius 1 is 0.800 bits per heavy atom. The first-order chi connectivity index (χ1) is 7.41. The number of rotatable bonds is 12. The quantitative estimate of drug-likeness (QED) is 0.384. The summed E-state index contributed by atoms with van der Waals surface area (Å²) in [5.74, 6) is 4.54. The molecule has 0 aliphatic carbocycles. The Balaban J connectivity index is 2.86. The second-order valence-corrected chi connectivity index (χ2v) is 5.44. The Morgan fingerprint density at radius 3 is 1.67 bits per heavy atom. The van der Waals surface area contributed by atoms with Crippen molar-refractivity contribution < 1.29 is 4.74 Å². The monoisotopic (exact) mass is 246 g/mol. The molecule has 0 spiro atoms. The summed E-state index contributed by atoms with van der Waals surface area (Å²) in [7, 11) is 0. The fourth-order valence-electron chi connectivity index (χ4n) is 0.875. The highest BCUT2D eigenvalue weighted by Crippen LogP contribution is 2.04. The van der Waals surface area contributed by atoms with Gasteiger partial charge in [-0.15, -0.1) is 13.2 Å². The first-order valence-electron chi connectivity index (χ1n) is 5.37. The molecule has 0 saturated heterocycles. The van der Waals surface area contributed by atoms with E-state index < -0.39 is 0 Å². The van der Waals surface area contributed by atoms with E-state index in [0.29, 0.717) is 0 Å². The molecule has 0 aliphatic heterocycles. The number of allylic oxidation sites excluding steroid dienone is 2. The predicted molar refractivity (Wildman–Crippen MR) is 75.1 cm³/mol. The Labute approximate surface area is 103 Å². The molecular formula is C12H22OS2. The molecule has 3 heteroatoms. The molecule has 15 heavy (non-hydrogen) atoms. The van der Waals surface area contributed by atoms with Crippen LogP contribution in [0.25, 0.3) is 0 Å². The van der Waals surface area contributed by atoms with Crippen LogP contribution in [-0.4, -0.2) is 36.2 Å². The molecule has 0 radical (unpaired) electrons. The molecule has 0 unspecified atom stereocenters. The molecule has 0 amide bonds. The maximum atomic E-state index is 5.50. The van der Waals surface area contributed by atoms with Crippen LogP contribution in [0.4, 0.5) is 0 Å². The molecule has 0 aromatic rings. The third-order valence-corrected chi connectivity index (χ3v) is 3.64. The normalized spacial score (nSPS) is 10.1. The van der Waals surface area contributed by atoms with Crippen LogP contribution in [0.1, 0.15) is 12.8 Å². The third-order valence-electron chi connectivity index (χ3n) is 1.68. The highest BCUT2D eigenvalue weighted by atomic mass is 32.2. The van der Waals surface area contributed by atoms with Gasteiger partial charge in [-0.1, -0.05) is 12.2 Å². The van der Waals surface area contributed by atoms with Crippen LogP contribution in [-0.2, 0) is 4.74 Å². The van der Waals surface area contributed by atoms with E-state index in [4.69, 9.17) is 4.74 Å². The topological polar surface area (TPSA) is 9.23 Å². The fourth-order valence-corrected chi connectivity index (χ4v) is 2.42. The molecule has 0 saturated carbocycles. The second-order valence-electron chi connectivity index (χ2n) is 2.99. The van der Waals surface area contributed by atoms with Gasteiger partial charge in [0.15, 0.2) is 0 Å². The van der Waals surface area contributed by atoms with Gasteiger partial charge in [0.05, 0.1) is 13.2 Å². The lowest BCUT2D eigenvalue weighted by Gasteiger charge is -2.03. The van der Waals surface area contributed by atoms with Crippen molar-refractivity contribution in [3.8, 4) is 0 Å². The van der Waals surface area contributed by atoms with Crippen molar-refractivity contribution in [1.29, 1.82) is 0 Å². The van der Waals surface area contributed by atoms with Crippen LogP contribution < -0.4 is 0 Å². The van der Waals surface area contributed by atoms with Gasteiger partial charge in [0, 0.05) is 11.5 Å². The molecule has 0 atom stereocenters. The molecule has 0 aromatic heterocycles. The first kappa shape index (κ1) is 15.1. The van der Waals surface area contributed by atoms with E-state index in [2.05, 4.69) is 13.2 Å². The molecule has 88 valence electrons. The summed E-state index contributed by atoms with van der Waals surface area (Å²) in [6.07, 6.45) is 6.12. The molecule has 1 nitrogen and oxygen atoms in total. The van der Waals surface area contributed by atoms with Crippen LogP contribution in [0, 0.1) is 0 Å². The molecule has 0 heterocycles. The van der Waals surface area contributed by atoms with Gasteiger partial charge in [-0.05, 0) is 24.3 Å². The van der Waals surface area contributed by atoms with E-state index in [0.717, 1.165) is 37.6 Å². The summed E-state index contributed by atoms with van der Waals surface area (Å²) in [6, 6.07) is 0. The van der Waals surface area contributed by atoms with E-state index in [1.54, 1.807) is 0 Å².